The van der Waals surface area contributed by atoms with E-state index in [0.29, 0.717) is 5.69 Å². The monoisotopic (exact) mass is 444 g/mol. The number of carbonyl (C=O) groups excluding carboxylic acids is 3. The summed E-state index contributed by atoms with van der Waals surface area (Å²) in [6, 6.07) is 11.3. The highest BCUT2D eigenvalue weighted by atomic mass is 79.9. The van der Waals surface area contributed by atoms with Crippen molar-refractivity contribution >= 4 is 45.1 Å². The number of amides is 2. The lowest BCUT2D eigenvalue weighted by atomic mass is 10.2. The Balaban J connectivity index is 1.85. The second kappa shape index (κ2) is 8.67. The van der Waals surface area contributed by atoms with Gasteiger partial charge in [-0.3, -0.25) is 9.59 Å². The van der Waals surface area contributed by atoms with Crippen LogP contribution in [0, 0.1) is 0 Å². The van der Waals surface area contributed by atoms with E-state index in [9.17, 15) is 27.6 Å². The molecule has 2 N–H and O–H groups in total. The molecule has 2 amide bonds. The average Bonchev–Trinajstić information content (AvgIpc) is 2.61. The SMILES string of the molecule is O=C(COC(=O)c1ccc(NC(=O)C(F)(F)F)cc1)Nc1ccc(Br)cc1. The zero-order chi connectivity index (χ0) is 20.0. The van der Waals surface area contributed by atoms with E-state index in [2.05, 4.69) is 21.2 Å². The summed E-state index contributed by atoms with van der Waals surface area (Å²) in [5.74, 6) is -3.52. The van der Waals surface area contributed by atoms with Crippen LogP contribution in [0.1, 0.15) is 10.4 Å². The van der Waals surface area contributed by atoms with Gasteiger partial charge in [0.25, 0.3) is 5.91 Å². The summed E-state index contributed by atoms with van der Waals surface area (Å²) in [7, 11) is 0. The van der Waals surface area contributed by atoms with Gasteiger partial charge < -0.3 is 15.4 Å². The number of alkyl halides is 3. The van der Waals surface area contributed by atoms with E-state index in [4.69, 9.17) is 4.74 Å². The van der Waals surface area contributed by atoms with Crippen LogP contribution in [-0.2, 0) is 14.3 Å². The van der Waals surface area contributed by atoms with Crippen molar-refractivity contribution in [1.29, 1.82) is 0 Å². The van der Waals surface area contributed by atoms with E-state index in [1.165, 1.54) is 12.1 Å². The first-order valence-electron chi connectivity index (χ1n) is 7.36. The van der Waals surface area contributed by atoms with Crippen LogP contribution in [0.2, 0.25) is 0 Å². The van der Waals surface area contributed by atoms with E-state index in [0.717, 1.165) is 16.6 Å². The van der Waals surface area contributed by atoms with Crippen LogP contribution in [0.5, 0.6) is 0 Å². The molecule has 0 aliphatic rings. The first-order valence-corrected chi connectivity index (χ1v) is 8.15. The maximum absolute atomic E-state index is 12.2. The molecule has 0 saturated heterocycles. The Hall–Kier alpha value is -2.88. The number of benzene rings is 2. The highest BCUT2D eigenvalue weighted by Gasteiger charge is 2.38. The number of hydrogen-bond acceptors (Lipinski definition) is 4. The van der Waals surface area contributed by atoms with Gasteiger partial charge in [0.15, 0.2) is 6.61 Å². The van der Waals surface area contributed by atoms with Crippen LogP contribution in [0.4, 0.5) is 24.5 Å². The molecule has 0 heterocycles. The fourth-order valence-corrected chi connectivity index (χ4v) is 2.10. The third-order valence-corrected chi connectivity index (χ3v) is 3.63. The summed E-state index contributed by atoms with van der Waals surface area (Å²) in [4.78, 5) is 34.4. The van der Waals surface area contributed by atoms with Crippen molar-refractivity contribution in [3.05, 3.63) is 58.6 Å². The Labute approximate surface area is 159 Å². The van der Waals surface area contributed by atoms with Gasteiger partial charge in [-0.2, -0.15) is 13.2 Å². The third-order valence-electron chi connectivity index (χ3n) is 3.10. The molecule has 27 heavy (non-hydrogen) atoms. The zero-order valence-corrected chi connectivity index (χ0v) is 15.1. The first-order chi connectivity index (χ1) is 12.6. The van der Waals surface area contributed by atoms with E-state index in [1.807, 2.05) is 0 Å². The highest BCUT2D eigenvalue weighted by Crippen LogP contribution is 2.19. The number of carbonyl (C=O) groups is 3. The van der Waals surface area contributed by atoms with E-state index in [1.54, 1.807) is 29.6 Å². The molecule has 0 aliphatic heterocycles. The largest absolute Gasteiger partial charge is 0.471 e. The molecule has 0 saturated carbocycles. The minimum Gasteiger partial charge on any atom is -0.452 e. The summed E-state index contributed by atoms with van der Waals surface area (Å²) in [5.41, 5.74) is 0.391. The van der Waals surface area contributed by atoms with Gasteiger partial charge in [-0.15, -0.1) is 0 Å². The van der Waals surface area contributed by atoms with Crippen molar-refractivity contribution in [3.63, 3.8) is 0 Å². The Morgan fingerprint density at radius 1 is 0.889 bits per heavy atom. The standard InChI is InChI=1S/C17H12BrF3N2O4/c18-11-3-7-12(8-4-11)22-14(24)9-27-15(25)10-1-5-13(6-2-10)23-16(26)17(19,20)21/h1-8H,9H2,(H,22,24)(H,23,26). The summed E-state index contributed by atoms with van der Waals surface area (Å²) in [6.45, 7) is -0.540. The molecule has 0 unspecified atom stereocenters. The Morgan fingerprint density at radius 3 is 1.96 bits per heavy atom. The van der Waals surface area contributed by atoms with Gasteiger partial charge in [0.2, 0.25) is 0 Å². The van der Waals surface area contributed by atoms with Gasteiger partial charge in [0, 0.05) is 15.8 Å². The molecular weight excluding hydrogens is 433 g/mol. The summed E-state index contributed by atoms with van der Waals surface area (Å²) >= 11 is 3.25. The van der Waals surface area contributed by atoms with E-state index < -0.39 is 30.6 Å². The molecule has 0 atom stereocenters. The molecular formula is C17H12BrF3N2O4. The van der Waals surface area contributed by atoms with E-state index in [-0.39, 0.29) is 11.3 Å². The fraction of sp³-hybridized carbons (Fsp3) is 0.118. The molecule has 2 aromatic carbocycles. The maximum Gasteiger partial charge on any atom is 0.471 e. The van der Waals surface area contributed by atoms with Gasteiger partial charge in [-0.05, 0) is 48.5 Å². The highest BCUT2D eigenvalue weighted by molar-refractivity contribution is 9.10. The van der Waals surface area contributed by atoms with Crippen molar-refractivity contribution < 1.29 is 32.3 Å². The Morgan fingerprint density at radius 2 is 1.41 bits per heavy atom. The minimum atomic E-state index is -5.01. The lowest BCUT2D eigenvalue weighted by Crippen LogP contribution is -2.29. The van der Waals surface area contributed by atoms with Crippen molar-refractivity contribution in [2.45, 2.75) is 6.18 Å². The number of nitrogens with one attached hydrogen (secondary N) is 2. The molecule has 0 radical (unpaired) electrons. The molecule has 142 valence electrons. The lowest BCUT2D eigenvalue weighted by molar-refractivity contribution is -0.167. The van der Waals surface area contributed by atoms with Crippen LogP contribution in [-0.4, -0.2) is 30.6 Å². The quantitative estimate of drug-likeness (QED) is 0.687. The minimum absolute atomic E-state index is 0.0106. The molecule has 0 fully saturated rings. The molecule has 6 nitrogen and oxygen atoms in total. The van der Waals surface area contributed by atoms with Crippen LogP contribution >= 0.6 is 15.9 Å². The summed E-state index contributed by atoms with van der Waals surface area (Å²) < 4.78 is 42.2. The summed E-state index contributed by atoms with van der Waals surface area (Å²) in [5, 5.41) is 4.18. The van der Waals surface area contributed by atoms with Crippen LogP contribution in [0.25, 0.3) is 0 Å². The predicted molar refractivity (Wildman–Crippen MR) is 94.2 cm³/mol. The van der Waals surface area contributed by atoms with Crippen molar-refractivity contribution in [2.75, 3.05) is 17.2 Å². The predicted octanol–water partition coefficient (Wildman–Crippen LogP) is 3.75. The topological polar surface area (TPSA) is 84.5 Å². The summed E-state index contributed by atoms with van der Waals surface area (Å²) in [6.07, 6.45) is -5.01. The van der Waals surface area contributed by atoms with Crippen LogP contribution < -0.4 is 10.6 Å². The second-order valence-electron chi connectivity index (χ2n) is 5.16. The molecule has 2 aromatic rings. The smallest absolute Gasteiger partial charge is 0.452 e. The number of esters is 1. The fourth-order valence-electron chi connectivity index (χ4n) is 1.84. The second-order valence-corrected chi connectivity index (χ2v) is 6.08. The molecule has 0 aromatic heterocycles. The molecule has 2 rings (SSSR count). The van der Waals surface area contributed by atoms with Gasteiger partial charge >= 0.3 is 18.1 Å². The normalized spacial score (nSPS) is 10.8. The Bertz CT molecular complexity index is 837. The first kappa shape index (κ1) is 20.4. The van der Waals surface area contributed by atoms with E-state index >= 15 is 0 Å². The maximum atomic E-state index is 12.2. The zero-order valence-electron chi connectivity index (χ0n) is 13.5. The number of ether oxygens (including phenoxy) is 1. The lowest BCUT2D eigenvalue weighted by Gasteiger charge is -2.09. The van der Waals surface area contributed by atoms with Gasteiger partial charge in [0.05, 0.1) is 5.56 Å². The number of hydrogen-bond donors (Lipinski definition) is 2. The average molecular weight is 445 g/mol. The number of halogens is 4. The third kappa shape index (κ3) is 6.41. The van der Waals surface area contributed by atoms with Gasteiger partial charge in [-0.25, -0.2) is 4.79 Å². The van der Waals surface area contributed by atoms with Gasteiger partial charge in [0.1, 0.15) is 0 Å². The van der Waals surface area contributed by atoms with Crippen LogP contribution in [0.3, 0.4) is 0 Å². The molecule has 0 bridgehead atoms. The van der Waals surface area contributed by atoms with Crippen molar-refractivity contribution in [3.8, 4) is 0 Å². The van der Waals surface area contributed by atoms with Gasteiger partial charge in [-0.1, -0.05) is 15.9 Å². The van der Waals surface area contributed by atoms with Crippen molar-refractivity contribution in [2.24, 2.45) is 0 Å². The molecule has 10 heteroatoms. The number of anilines is 2. The molecule has 0 aliphatic carbocycles. The number of rotatable bonds is 5. The van der Waals surface area contributed by atoms with Crippen molar-refractivity contribution in [1.82, 2.24) is 0 Å². The Kier molecular flexibility index (Phi) is 6.56. The molecule has 0 spiro atoms. The van der Waals surface area contributed by atoms with Crippen LogP contribution in [0.15, 0.2) is 53.0 Å².